The molecule has 0 saturated heterocycles. The van der Waals surface area contributed by atoms with Crippen molar-refractivity contribution >= 4 is 17.5 Å². The molecule has 0 aliphatic carbocycles. The molecule has 102 valence electrons. The first kappa shape index (κ1) is 14.1. The second-order valence-electron chi connectivity index (χ2n) is 4.77. The number of Topliss-reactive ketones (excluding diaryl/α,β-unsaturated/α-hetero) is 1. The molecule has 2 aromatic carbocycles. The summed E-state index contributed by atoms with van der Waals surface area (Å²) in [6.07, 6.45) is 4.19. The lowest BCUT2D eigenvalue weighted by Gasteiger charge is -2.19. The molecule has 20 heavy (non-hydrogen) atoms. The van der Waals surface area contributed by atoms with Crippen molar-refractivity contribution in [1.29, 1.82) is 0 Å². The van der Waals surface area contributed by atoms with Gasteiger partial charge in [-0.15, -0.1) is 0 Å². The van der Waals surface area contributed by atoms with Crippen LogP contribution in [0.25, 0.3) is 6.08 Å². The van der Waals surface area contributed by atoms with Crippen molar-refractivity contribution < 1.29 is 4.79 Å². The Bertz CT molecular complexity index is 602. The predicted molar refractivity (Wildman–Crippen MR) is 85.2 cm³/mol. The third-order valence-corrected chi connectivity index (χ3v) is 3.18. The fourth-order valence-electron chi connectivity index (χ4n) is 2.11. The number of para-hydroxylation sites is 1. The molecule has 0 heterocycles. The van der Waals surface area contributed by atoms with E-state index in [4.69, 9.17) is 0 Å². The van der Waals surface area contributed by atoms with Gasteiger partial charge in [-0.25, -0.2) is 0 Å². The highest BCUT2D eigenvalue weighted by Crippen LogP contribution is 2.19. The summed E-state index contributed by atoms with van der Waals surface area (Å²) in [5.41, 5.74) is 2.92. The molecule has 0 bridgehead atoms. The van der Waals surface area contributed by atoms with Crippen LogP contribution in [0.5, 0.6) is 0 Å². The lowest BCUT2D eigenvalue weighted by atomic mass is 10.1. The van der Waals surface area contributed by atoms with Gasteiger partial charge in [0.05, 0.1) is 0 Å². The summed E-state index contributed by atoms with van der Waals surface area (Å²) in [7, 11) is 2.00. The molecule has 0 aliphatic heterocycles. The molecule has 2 rings (SSSR count). The molecule has 0 aliphatic rings. The quantitative estimate of drug-likeness (QED) is 0.760. The maximum absolute atomic E-state index is 11.6. The first-order valence-electron chi connectivity index (χ1n) is 6.71. The van der Waals surface area contributed by atoms with Crippen LogP contribution >= 0.6 is 0 Å². The smallest absolute Gasteiger partial charge is 0.161 e. The van der Waals surface area contributed by atoms with Crippen molar-refractivity contribution in [2.75, 3.05) is 18.5 Å². The summed E-state index contributed by atoms with van der Waals surface area (Å²) < 4.78 is 0. The van der Waals surface area contributed by atoms with Crippen molar-refractivity contribution in [1.82, 2.24) is 0 Å². The van der Waals surface area contributed by atoms with Gasteiger partial charge in [0, 0.05) is 24.8 Å². The zero-order valence-corrected chi connectivity index (χ0v) is 11.9. The summed E-state index contributed by atoms with van der Waals surface area (Å²) in [6.45, 7) is 2.37. The number of carbonyl (C=O) groups is 1. The van der Waals surface area contributed by atoms with Gasteiger partial charge >= 0.3 is 0 Å². The van der Waals surface area contributed by atoms with Crippen molar-refractivity contribution in [2.45, 2.75) is 6.92 Å². The molecular formula is C18H19NO. The van der Waals surface area contributed by atoms with Gasteiger partial charge in [-0.1, -0.05) is 54.6 Å². The monoisotopic (exact) mass is 265 g/mol. The maximum atomic E-state index is 11.6. The number of carbonyl (C=O) groups excluding carboxylic acids is 1. The average molecular weight is 265 g/mol. The maximum Gasteiger partial charge on any atom is 0.161 e. The van der Waals surface area contributed by atoms with Gasteiger partial charge in [0.15, 0.2) is 5.78 Å². The SMILES string of the molecule is CC(=O)c1ccccc1N(C)C/C=C/c1ccccc1. The molecule has 0 fully saturated rings. The van der Waals surface area contributed by atoms with E-state index in [1.165, 1.54) is 5.56 Å². The predicted octanol–water partition coefficient (Wildman–Crippen LogP) is 4.04. The molecule has 0 radical (unpaired) electrons. The molecular weight excluding hydrogens is 246 g/mol. The van der Waals surface area contributed by atoms with Crippen LogP contribution in [0.15, 0.2) is 60.7 Å². The highest BCUT2D eigenvalue weighted by Gasteiger charge is 2.08. The average Bonchev–Trinajstić information content (AvgIpc) is 2.48. The van der Waals surface area contributed by atoms with Gasteiger partial charge in [-0.05, 0) is 24.6 Å². The van der Waals surface area contributed by atoms with E-state index in [0.29, 0.717) is 0 Å². The van der Waals surface area contributed by atoms with Crippen LogP contribution in [0.3, 0.4) is 0 Å². The minimum atomic E-state index is 0.0967. The van der Waals surface area contributed by atoms with E-state index in [-0.39, 0.29) is 5.78 Å². The summed E-state index contributed by atoms with van der Waals surface area (Å²) >= 11 is 0. The van der Waals surface area contributed by atoms with Crippen LogP contribution in [-0.4, -0.2) is 19.4 Å². The molecule has 0 saturated carbocycles. The lowest BCUT2D eigenvalue weighted by Crippen LogP contribution is -2.19. The second kappa shape index (κ2) is 6.71. The molecule has 0 spiro atoms. The van der Waals surface area contributed by atoms with E-state index in [9.17, 15) is 4.79 Å². The Hall–Kier alpha value is -2.35. The third kappa shape index (κ3) is 3.58. The Balaban J connectivity index is 2.07. The molecule has 2 nitrogen and oxygen atoms in total. The Morgan fingerprint density at radius 1 is 1.05 bits per heavy atom. The Morgan fingerprint density at radius 3 is 2.40 bits per heavy atom. The zero-order chi connectivity index (χ0) is 14.4. The minimum Gasteiger partial charge on any atom is -0.370 e. The molecule has 0 aromatic heterocycles. The summed E-state index contributed by atoms with van der Waals surface area (Å²) in [5, 5.41) is 0. The minimum absolute atomic E-state index is 0.0967. The zero-order valence-electron chi connectivity index (χ0n) is 11.9. The van der Waals surface area contributed by atoms with E-state index in [0.717, 1.165) is 17.8 Å². The topological polar surface area (TPSA) is 20.3 Å². The van der Waals surface area contributed by atoms with Crippen molar-refractivity contribution in [3.63, 3.8) is 0 Å². The highest BCUT2D eigenvalue weighted by atomic mass is 16.1. The van der Waals surface area contributed by atoms with E-state index in [1.807, 2.05) is 49.5 Å². The number of anilines is 1. The second-order valence-corrected chi connectivity index (χ2v) is 4.77. The highest BCUT2D eigenvalue weighted by molar-refractivity contribution is 5.99. The number of benzene rings is 2. The van der Waals surface area contributed by atoms with E-state index in [1.54, 1.807) is 6.92 Å². The first-order valence-corrected chi connectivity index (χ1v) is 6.71. The van der Waals surface area contributed by atoms with Gasteiger partial charge < -0.3 is 4.90 Å². The van der Waals surface area contributed by atoms with Crippen molar-refractivity contribution in [3.8, 4) is 0 Å². The number of hydrogen-bond acceptors (Lipinski definition) is 2. The third-order valence-electron chi connectivity index (χ3n) is 3.18. The largest absolute Gasteiger partial charge is 0.370 e. The van der Waals surface area contributed by atoms with Gasteiger partial charge in [-0.2, -0.15) is 0 Å². The molecule has 0 N–H and O–H groups in total. The Kier molecular flexibility index (Phi) is 4.72. The van der Waals surface area contributed by atoms with Crippen LogP contribution in [0, 0.1) is 0 Å². The number of nitrogens with zero attached hydrogens (tertiary/aromatic N) is 1. The van der Waals surface area contributed by atoms with Gasteiger partial charge in [0.2, 0.25) is 0 Å². The lowest BCUT2D eigenvalue weighted by molar-refractivity contribution is 0.101. The first-order chi connectivity index (χ1) is 9.68. The normalized spacial score (nSPS) is 10.7. The fourth-order valence-corrected chi connectivity index (χ4v) is 2.11. The van der Waals surface area contributed by atoms with Crippen molar-refractivity contribution in [2.24, 2.45) is 0 Å². The van der Waals surface area contributed by atoms with Crippen LogP contribution in [-0.2, 0) is 0 Å². The standard InChI is InChI=1S/C18H19NO/c1-15(20)17-12-6-7-13-18(17)19(2)14-8-11-16-9-4-3-5-10-16/h3-13H,14H2,1-2H3/b11-8+. The van der Waals surface area contributed by atoms with Gasteiger partial charge in [-0.3, -0.25) is 4.79 Å². The molecule has 0 unspecified atom stereocenters. The molecule has 0 atom stereocenters. The Labute approximate surface area is 120 Å². The van der Waals surface area contributed by atoms with Crippen LogP contribution in [0.2, 0.25) is 0 Å². The molecule has 2 heteroatoms. The Morgan fingerprint density at radius 2 is 1.70 bits per heavy atom. The number of rotatable bonds is 5. The fraction of sp³-hybridized carbons (Fsp3) is 0.167. The van der Waals surface area contributed by atoms with Crippen molar-refractivity contribution in [3.05, 3.63) is 71.8 Å². The van der Waals surface area contributed by atoms with Gasteiger partial charge in [0.1, 0.15) is 0 Å². The summed E-state index contributed by atoms with van der Waals surface area (Å²) in [4.78, 5) is 13.7. The van der Waals surface area contributed by atoms with Crippen LogP contribution < -0.4 is 4.90 Å². The number of likely N-dealkylation sites (N-methyl/N-ethyl adjacent to an activating group) is 1. The molecule has 0 amide bonds. The van der Waals surface area contributed by atoms with E-state index >= 15 is 0 Å². The van der Waals surface area contributed by atoms with Gasteiger partial charge in [0.25, 0.3) is 0 Å². The van der Waals surface area contributed by atoms with E-state index < -0.39 is 0 Å². The van der Waals surface area contributed by atoms with E-state index in [2.05, 4.69) is 29.2 Å². The number of hydrogen-bond donors (Lipinski definition) is 0. The summed E-state index contributed by atoms with van der Waals surface area (Å²) in [6, 6.07) is 17.9. The number of ketones is 1. The van der Waals surface area contributed by atoms with Crippen LogP contribution in [0.4, 0.5) is 5.69 Å². The summed E-state index contributed by atoms with van der Waals surface area (Å²) in [5.74, 6) is 0.0967. The van der Waals surface area contributed by atoms with Crippen LogP contribution in [0.1, 0.15) is 22.8 Å². The molecule has 2 aromatic rings.